The zero-order valence-electron chi connectivity index (χ0n) is 11.6. The van der Waals surface area contributed by atoms with Crippen LogP contribution in [0.25, 0.3) is 0 Å². The molecule has 6 nitrogen and oxygen atoms in total. The number of rotatable bonds is 4. The third kappa shape index (κ3) is 4.10. The predicted molar refractivity (Wildman–Crippen MR) is 86.6 cm³/mol. The van der Waals surface area contributed by atoms with Crippen LogP contribution in [0.1, 0.15) is 12.5 Å². The Morgan fingerprint density at radius 2 is 2.32 bits per heavy atom. The molecule has 0 radical (unpaired) electrons. The monoisotopic (exact) mass is 333 g/mol. The molecule has 8 heteroatoms. The molecule has 1 aromatic carbocycles. The van der Waals surface area contributed by atoms with E-state index in [9.17, 15) is 4.79 Å². The van der Waals surface area contributed by atoms with Gasteiger partial charge in [-0.15, -0.1) is 0 Å². The molecule has 0 aliphatic rings. The number of nitrogens with one attached hydrogen (secondary N) is 1. The van der Waals surface area contributed by atoms with Crippen molar-refractivity contribution in [2.75, 3.05) is 11.1 Å². The number of carbonyl (C=O) groups is 1. The average Bonchev–Trinajstić information content (AvgIpc) is 2.47. The summed E-state index contributed by atoms with van der Waals surface area (Å²) < 4.78 is 0. The molecule has 0 aliphatic heterocycles. The van der Waals surface area contributed by atoms with Gasteiger partial charge in [-0.2, -0.15) is 5.26 Å². The minimum Gasteiger partial charge on any atom is -0.382 e. The van der Waals surface area contributed by atoms with E-state index in [1.54, 1.807) is 31.2 Å². The summed E-state index contributed by atoms with van der Waals surface area (Å²) in [5.41, 5.74) is 6.45. The standard InChI is InChI=1S/C14H12ClN5OS/c1-8(13(21)19-11-4-2-3-10(15)5-11)22-14-18-7-9(6-16)12(17)20-14/h2-5,7-8H,1H3,(H,19,21)(H2,17,18,20). The summed E-state index contributed by atoms with van der Waals surface area (Å²) in [6.07, 6.45) is 1.34. The summed E-state index contributed by atoms with van der Waals surface area (Å²) in [5.74, 6) is -0.110. The summed E-state index contributed by atoms with van der Waals surface area (Å²) in [5, 5.41) is 12.0. The molecule has 0 saturated heterocycles. The molecule has 0 bridgehead atoms. The maximum absolute atomic E-state index is 12.1. The molecule has 1 heterocycles. The van der Waals surface area contributed by atoms with Crippen molar-refractivity contribution in [3.05, 3.63) is 41.0 Å². The van der Waals surface area contributed by atoms with Gasteiger partial charge in [0.05, 0.1) is 11.4 Å². The maximum Gasteiger partial charge on any atom is 0.237 e. The Morgan fingerprint density at radius 1 is 1.55 bits per heavy atom. The summed E-state index contributed by atoms with van der Waals surface area (Å²) in [6, 6.07) is 8.77. The van der Waals surface area contributed by atoms with E-state index >= 15 is 0 Å². The minimum absolute atomic E-state index is 0.0995. The molecule has 1 aromatic heterocycles. The number of anilines is 2. The molecule has 0 fully saturated rings. The molecule has 0 spiro atoms. The number of hydrogen-bond donors (Lipinski definition) is 2. The number of nitrogens with two attached hydrogens (primary N) is 1. The van der Waals surface area contributed by atoms with E-state index in [0.717, 1.165) is 11.8 Å². The van der Waals surface area contributed by atoms with Gasteiger partial charge in [-0.1, -0.05) is 29.4 Å². The second-order valence-electron chi connectivity index (χ2n) is 4.32. The lowest BCUT2D eigenvalue weighted by Crippen LogP contribution is -2.22. The lowest BCUT2D eigenvalue weighted by molar-refractivity contribution is -0.115. The first-order valence-corrected chi connectivity index (χ1v) is 7.51. The quantitative estimate of drug-likeness (QED) is 0.658. The second-order valence-corrected chi connectivity index (χ2v) is 6.07. The van der Waals surface area contributed by atoms with Gasteiger partial charge in [0.25, 0.3) is 0 Å². The molecule has 3 N–H and O–H groups in total. The molecule has 112 valence electrons. The highest BCUT2D eigenvalue weighted by Crippen LogP contribution is 2.23. The van der Waals surface area contributed by atoms with Crippen LogP contribution >= 0.6 is 23.4 Å². The highest BCUT2D eigenvalue weighted by Gasteiger charge is 2.17. The fourth-order valence-electron chi connectivity index (χ4n) is 1.54. The van der Waals surface area contributed by atoms with E-state index in [1.165, 1.54) is 6.20 Å². The number of nitrogens with zero attached hydrogens (tertiary/aromatic N) is 3. The molecule has 1 amide bonds. The molecule has 0 aliphatic carbocycles. The SMILES string of the molecule is CC(Sc1ncc(C#N)c(N)n1)C(=O)Nc1cccc(Cl)c1. The molecule has 2 rings (SSSR count). The average molecular weight is 334 g/mol. The Labute approximate surface area is 136 Å². The van der Waals surface area contributed by atoms with Crippen LogP contribution in [-0.2, 0) is 4.79 Å². The topological polar surface area (TPSA) is 105 Å². The number of amides is 1. The van der Waals surface area contributed by atoms with Gasteiger partial charge < -0.3 is 11.1 Å². The zero-order chi connectivity index (χ0) is 16.1. The predicted octanol–water partition coefficient (Wildman–Crippen LogP) is 2.70. The van der Waals surface area contributed by atoms with E-state index in [2.05, 4.69) is 15.3 Å². The maximum atomic E-state index is 12.1. The molecular formula is C14H12ClN5OS. The lowest BCUT2D eigenvalue weighted by atomic mass is 10.3. The summed E-state index contributed by atoms with van der Waals surface area (Å²) in [7, 11) is 0. The van der Waals surface area contributed by atoms with Crippen molar-refractivity contribution in [1.82, 2.24) is 9.97 Å². The van der Waals surface area contributed by atoms with E-state index in [4.69, 9.17) is 22.6 Å². The highest BCUT2D eigenvalue weighted by molar-refractivity contribution is 8.00. The van der Waals surface area contributed by atoms with E-state index in [-0.39, 0.29) is 17.3 Å². The Hall–Kier alpha value is -2.30. The van der Waals surface area contributed by atoms with Crippen molar-refractivity contribution in [2.24, 2.45) is 0 Å². The third-order valence-corrected chi connectivity index (χ3v) is 3.87. The number of aromatic nitrogens is 2. The molecular weight excluding hydrogens is 322 g/mol. The molecule has 1 atom stereocenters. The van der Waals surface area contributed by atoms with Gasteiger partial charge in [0.2, 0.25) is 5.91 Å². The number of nitriles is 1. The largest absolute Gasteiger partial charge is 0.382 e. The Balaban J connectivity index is 2.02. The van der Waals surface area contributed by atoms with Crippen LogP contribution < -0.4 is 11.1 Å². The Kier molecular flexibility index (Phi) is 5.20. The van der Waals surface area contributed by atoms with Crippen molar-refractivity contribution in [2.45, 2.75) is 17.3 Å². The van der Waals surface area contributed by atoms with Crippen LogP contribution in [0.2, 0.25) is 5.02 Å². The van der Waals surface area contributed by atoms with Gasteiger partial charge in [0.15, 0.2) is 5.16 Å². The summed E-state index contributed by atoms with van der Waals surface area (Å²) in [6.45, 7) is 1.72. The van der Waals surface area contributed by atoms with Crippen LogP contribution in [0, 0.1) is 11.3 Å². The fourth-order valence-corrected chi connectivity index (χ4v) is 2.48. The third-order valence-electron chi connectivity index (χ3n) is 2.66. The van der Waals surface area contributed by atoms with Crippen LogP contribution in [0.5, 0.6) is 0 Å². The van der Waals surface area contributed by atoms with Crippen molar-refractivity contribution >= 4 is 40.8 Å². The zero-order valence-corrected chi connectivity index (χ0v) is 13.1. The smallest absolute Gasteiger partial charge is 0.237 e. The Morgan fingerprint density at radius 3 is 2.95 bits per heavy atom. The van der Waals surface area contributed by atoms with Gasteiger partial charge in [0, 0.05) is 10.7 Å². The summed E-state index contributed by atoms with van der Waals surface area (Å²) >= 11 is 7.02. The van der Waals surface area contributed by atoms with Crippen LogP contribution in [0.4, 0.5) is 11.5 Å². The molecule has 0 saturated carbocycles. The van der Waals surface area contributed by atoms with E-state index in [0.29, 0.717) is 15.9 Å². The second kappa shape index (κ2) is 7.11. The van der Waals surface area contributed by atoms with Crippen molar-refractivity contribution in [3.8, 4) is 6.07 Å². The number of hydrogen-bond acceptors (Lipinski definition) is 6. The van der Waals surface area contributed by atoms with Gasteiger partial charge in [-0.3, -0.25) is 4.79 Å². The first-order chi connectivity index (χ1) is 10.5. The van der Waals surface area contributed by atoms with Gasteiger partial charge in [-0.25, -0.2) is 9.97 Å². The molecule has 2 aromatic rings. The first kappa shape index (κ1) is 16.1. The van der Waals surface area contributed by atoms with Gasteiger partial charge >= 0.3 is 0 Å². The number of carbonyl (C=O) groups excluding carboxylic acids is 1. The van der Waals surface area contributed by atoms with Crippen molar-refractivity contribution in [1.29, 1.82) is 5.26 Å². The van der Waals surface area contributed by atoms with Crippen LogP contribution in [0.3, 0.4) is 0 Å². The lowest BCUT2D eigenvalue weighted by Gasteiger charge is -2.11. The number of benzene rings is 1. The minimum atomic E-state index is -0.439. The van der Waals surface area contributed by atoms with Gasteiger partial charge in [-0.05, 0) is 25.1 Å². The molecule has 22 heavy (non-hydrogen) atoms. The van der Waals surface area contributed by atoms with Crippen molar-refractivity contribution in [3.63, 3.8) is 0 Å². The van der Waals surface area contributed by atoms with E-state index in [1.807, 2.05) is 6.07 Å². The molecule has 1 unspecified atom stereocenters. The van der Waals surface area contributed by atoms with Crippen molar-refractivity contribution < 1.29 is 4.79 Å². The summed E-state index contributed by atoms with van der Waals surface area (Å²) in [4.78, 5) is 20.1. The van der Waals surface area contributed by atoms with Crippen LogP contribution in [0.15, 0.2) is 35.6 Å². The normalized spacial score (nSPS) is 11.5. The highest BCUT2D eigenvalue weighted by atomic mass is 35.5. The Bertz CT molecular complexity index is 746. The van der Waals surface area contributed by atoms with Crippen LogP contribution in [-0.4, -0.2) is 21.1 Å². The number of nitrogen functional groups attached to an aromatic ring is 1. The first-order valence-electron chi connectivity index (χ1n) is 6.25. The fraction of sp³-hybridized carbons (Fsp3) is 0.143. The number of thioether (sulfide) groups is 1. The van der Waals surface area contributed by atoms with Gasteiger partial charge in [0.1, 0.15) is 17.5 Å². The van der Waals surface area contributed by atoms with E-state index < -0.39 is 5.25 Å². The number of halogens is 1.